The third-order valence-electron chi connectivity index (χ3n) is 3.27. The monoisotopic (exact) mass is 409 g/mol. The number of halogens is 2. The number of rotatable bonds is 6. The Hall–Kier alpha value is -2.41. The highest BCUT2D eigenvalue weighted by Gasteiger charge is 2.18. The van der Waals surface area contributed by atoms with Crippen molar-refractivity contribution >= 4 is 33.5 Å². The third-order valence-corrected chi connectivity index (χ3v) is 3.76. The lowest BCUT2D eigenvalue weighted by Gasteiger charge is -2.14. The second kappa shape index (κ2) is 8.62. The van der Waals surface area contributed by atoms with E-state index >= 15 is 0 Å². The van der Waals surface area contributed by atoms with Gasteiger partial charge in [-0.1, -0.05) is 28.1 Å². The fourth-order valence-electron chi connectivity index (χ4n) is 1.90. The van der Waals surface area contributed by atoms with Gasteiger partial charge in [0.2, 0.25) is 0 Å². The molecule has 0 spiro atoms. The molecule has 0 aliphatic heterocycles. The summed E-state index contributed by atoms with van der Waals surface area (Å²) in [6.07, 6.45) is -1.04. The van der Waals surface area contributed by atoms with Crippen molar-refractivity contribution in [3.05, 3.63) is 58.3 Å². The lowest BCUT2D eigenvalue weighted by molar-refractivity contribution is -0.155. The summed E-state index contributed by atoms with van der Waals surface area (Å²) in [5.74, 6) is -1.17. The number of carbonyl (C=O) groups is 2. The van der Waals surface area contributed by atoms with E-state index in [4.69, 9.17) is 9.47 Å². The molecule has 132 valence electrons. The topological polar surface area (TPSA) is 64.6 Å². The van der Waals surface area contributed by atoms with Crippen LogP contribution in [0.2, 0.25) is 0 Å². The lowest BCUT2D eigenvalue weighted by atomic mass is 10.2. The maximum Gasteiger partial charge on any atom is 0.344 e. The molecule has 7 heteroatoms. The maximum absolute atomic E-state index is 13.5. The molecule has 0 saturated carbocycles. The minimum Gasteiger partial charge on any atom is -0.482 e. The maximum atomic E-state index is 13.5. The zero-order valence-electron chi connectivity index (χ0n) is 13.7. The van der Waals surface area contributed by atoms with Crippen molar-refractivity contribution in [2.75, 3.05) is 11.9 Å². The van der Waals surface area contributed by atoms with Crippen molar-refractivity contribution in [1.29, 1.82) is 0 Å². The van der Waals surface area contributed by atoms with Crippen LogP contribution in [0.1, 0.15) is 12.5 Å². The van der Waals surface area contributed by atoms with E-state index in [1.807, 2.05) is 6.07 Å². The van der Waals surface area contributed by atoms with E-state index in [2.05, 4.69) is 21.2 Å². The molecule has 2 aromatic carbocycles. The third kappa shape index (κ3) is 5.86. The minimum atomic E-state index is -1.04. The molecule has 0 fully saturated rings. The molecule has 0 aliphatic carbocycles. The van der Waals surface area contributed by atoms with E-state index in [0.29, 0.717) is 17.0 Å². The van der Waals surface area contributed by atoms with Crippen LogP contribution >= 0.6 is 15.9 Å². The SMILES string of the molecule is Cc1ccc(NC(=O)C(C)OC(=O)COc2cccc(Br)c2)cc1F. The Morgan fingerprint density at radius 2 is 2.00 bits per heavy atom. The van der Waals surface area contributed by atoms with Crippen LogP contribution in [-0.4, -0.2) is 24.6 Å². The number of ether oxygens (including phenoxy) is 2. The number of aryl methyl sites for hydroxylation is 1. The highest BCUT2D eigenvalue weighted by Crippen LogP contribution is 2.18. The number of hydrogen-bond donors (Lipinski definition) is 1. The van der Waals surface area contributed by atoms with E-state index < -0.39 is 23.8 Å². The van der Waals surface area contributed by atoms with E-state index in [1.54, 1.807) is 37.3 Å². The number of amides is 1. The van der Waals surface area contributed by atoms with Crippen LogP contribution < -0.4 is 10.1 Å². The molecule has 1 atom stereocenters. The molecular weight excluding hydrogens is 393 g/mol. The normalized spacial score (nSPS) is 11.5. The summed E-state index contributed by atoms with van der Waals surface area (Å²) < 4.78 is 24.6. The predicted octanol–water partition coefficient (Wildman–Crippen LogP) is 3.85. The Morgan fingerprint density at radius 1 is 1.24 bits per heavy atom. The first-order chi connectivity index (χ1) is 11.8. The lowest BCUT2D eigenvalue weighted by Crippen LogP contribution is -2.31. The van der Waals surface area contributed by atoms with Gasteiger partial charge in [0.25, 0.3) is 5.91 Å². The number of carbonyl (C=O) groups excluding carboxylic acids is 2. The van der Waals surface area contributed by atoms with Crippen LogP contribution in [0.15, 0.2) is 46.9 Å². The number of hydrogen-bond acceptors (Lipinski definition) is 4. The summed E-state index contributed by atoms with van der Waals surface area (Å²) in [7, 11) is 0. The summed E-state index contributed by atoms with van der Waals surface area (Å²) in [4.78, 5) is 23.8. The Kier molecular flexibility index (Phi) is 6.52. The number of benzene rings is 2. The molecule has 2 aromatic rings. The fourth-order valence-corrected chi connectivity index (χ4v) is 2.28. The first kappa shape index (κ1) is 18.9. The van der Waals surface area contributed by atoms with Crippen LogP contribution in [0.3, 0.4) is 0 Å². The molecule has 1 amide bonds. The van der Waals surface area contributed by atoms with Crippen molar-refractivity contribution in [3.8, 4) is 5.75 Å². The van der Waals surface area contributed by atoms with Gasteiger partial charge in [0.15, 0.2) is 12.7 Å². The molecule has 0 aromatic heterocycles. The fraction of sp³-hybridized carbons (Fsp3) is 0.222. The van der Waals surface area contributed by atoms with Crippen LogP contribution in [0.5, 0.6) is 5.75 Å². The van der Waals surface area contributed by atoms with Gasteiger partial charge >= 0.3 is 5.97 Å². The Morgan fingerprint density at radius 3 is 2.68 bits per heavy atom. The number of nitrogens with one attached hydrogen (secondary N) is 1. The molecule has 1 unspecified atom stereocenters. The van der Waals surface area contributed by atoms with Gasteiger partial charge in [-0.3, -0.25) is 4.79 Å². The van der Waals surface area contributed by atoms with Crippen LogP contribution in [0, 0.1) is 12.7 Å². The smallest absolute Gasteiger partial charge is 0.344 e. The van der Waals surface area contributed by atoms with E-state index in [1.165, 1.54) is 13.0 Å². The zero-order valence-corrected chi connectivity index (χ0v) is 15.3. The quantitative estimate of drug-likeness (QED) is 0.735. The first-order valence-electron chi connectivity index (χ1n) is 7.50. The van der Waals surface area contributed by atoms with Crippen LogP contribution in [0.25, 0.3) is 0 Å². The number of anilines is 1. The van der Waals surface area contributed by atoms with Crippen molar-refractivity contribution in [3.63, 3.8) is 0 Å². The van der Waals surface area contributed by atoms with Crippen LogP contribution in [-0.2, 0) is 14.3 Å². The summed E-state index contributed by atoms with van der Waals surface area (Å²) >= 11 is 3.29. The summed E-state index contributed by atoms with van der Waals surface area (Å²) in [6, 6.07) is 11.3. The van der Waals surface area contributed by atoms with Gasteiger partial charge in [-0.15, -0.1) is 0 Å². The standard InChI is InChI=1S/C18H17BrFNO4/c1-11-6-7-14(9-16(11)20)21-18(23)12(2)25-17(22)10-24-15-5-3-4-13(19)8-15/h3-9,12H,10H2,1-2H3,(H,21,23). The second-order valence-corrected chi connectivity index (χ2v) is 6.25. The van der Waals surface area contributed by atoms with Gasteiger partial charge < -0.3 is 14.8 Å². The Balaban J connectivity index is 1.83. The molecule has 0 bridgehead atoms. The summed E-state index contributed by atoms with van der Waals surface area (Å²) in [5, 5.41) is 2.49. The number of esters is 1. The first-order valence-corrected chi connectivity index (χ1v) is 8.29. The van der Waals surface area contributed by atoms with Gasteiger partial charge in [0.1, 0.15) is 11.6 Å². The molecule has 0 aliphatic rings. The van der Waals surface area contributed by atoms with Crippen LogP contribution in [0.4, 0.5) is 10.1 Å². The zero-order chi connectivity index (χ0) is 18.4. The average Bonchev–Trinajstić information content (AvgIpc) is 2.56. The molecule has 25 heavy (non-hydrogen) atoms. The highest BCUT2D eigenvalue weighted by molar-refractivity contribution is 9.10. The van der Waals surface area contributed by atoms with Crippen molar-refractivity contribution in [2.24, 2.45) is 0 Å². The Labute approximate surface area is 153 Å². The van der Waals surface area contributed by atoms with Crippen molar-refractivity contribution in [2.45, 2.75) is 20.0 Å². The van der Waals surface area contributed by atoms with Gasteiger partial charge in [0.05, 0.1) is 0 Å². The summed E-state index contributed by atoms with van der Waals surface area (Å²) in [5.41, 5.74) is 0.767. The molecule has 0 radical (unpaired) electrons. The Bertz CT molecular complexity index is 781. The van der Waals surface area contributed by atoms with Gasteiger partial charge in [0, 0.05) is 10.2 Å². The molecule has 2 rings (SSSR count). The largest absolute Gasteiger partial charge is 0.482 e. The second-order valence-electron chi connectivity index (χ2n) is 5.33. The predicted molar refractivity (Wildman–Crippen MR) is 95.0 cm³/mol. The molecule has 1 N–H and O–H groups in total. The van der Waals surface area contributed by atoms with E-state index in [-0.39, 0.29) is 6.61 Å². The van der Waals surface area contributed by atoms with Gasteiger partial charge in [-0.25, -0.2) is 9.18 Å². The highest BCUT2D eigenvalue weighted by atomic mass is 79.9. The average molecular weight is 410 g/mol. The molecule has 0 heterocycles. The van der Waals surface area contributed by atoms with E-state index in [9.17, 15) is 14.0 Å². The van der Waals surface area contributed by atoms with Crippen molar-refractivity contribution < 1.29 is 23.5 Å². The minimum absolute atomic E-state index is 0.293. The molecule has 5 nitrogen and oxygen atoms in total. The molecular formula is C18H17BrFNO4. The van der Waals surface area contributed by atoms with E-state index in [0.717, 1.165) is 4.47 Å². The van der Waals surface area contributed by atoms with Crippen molar-refractivity contribution in [1.82, 2.24) is 0 Å². The molecule has 0 saturated heterocycles. The van der Waals surface area contributed by atoms with Gasteiger partial charge in [-0.05, 0) is 49.7 Å². The summed E-state index contributed by atoms with van der Waals surface area (Å²) in [6.45, 7) is 2.72. The van der Waals surface area contributed by atoms with Gasteiger partial charge in [-0.2, -0.15) is 0 Å².